The number of hydrogen-bond acceptors (Lipinski definition) is 4. The molecule has 1 saturated heterocycles. The fraction of sp³-hybridized carbons (Fsp3) is 0.207. The zero-order valence-corrected chi connectivity index (χ0v) is 22.8. The van der Waals surface area contributed by atoms with Crippen LogP contribution in [0, 0.1) is 11.6 Å². The van der Waals surface area contributed by atoms with E-state index in [1.807, 2.05) is 30.5 Å². The molecule has 1 fully saturated rings. The molecule has 10 heteroatoms. The highest BCUT2D eigenvalue weighted by molar-refractivity contribution is 9.10. The van der Waals surface area contributed by atoms with E-state index in [0.29, 0.717) is 28.8 Å². The van der Waals surface area contributed by atoms with Crippen molar-refractivity contribution in [1.29, 1.82) is 0 Å². The van der Waals surface area contributed by atoms with Crippen molar-refractivity contribution >= 4 is 33.4 Å². The number of carbonyl (C=O) groups is 2. The highest BCUT2D eigenvalue weighted by atomic mass is 79.9. The summed E-state index contributed by atoms with van der Waals surface area (Å²) in [5.74, 6) is -1.48. The van der Waals surface area contributed by atoms with Gasteiger partial charge >= 0.3 is 0 Å². The number of nitrogens with one attached hydrogen (secondary N) is 1. The fourth-order valence-corrected chi connectivity index (χ4v) is 4.79. The largest absolute Gasteiger partial charge is 0.341 e. The van der Waals surface area contributed by atoms with Crippen LogP contribution in [0.5, 0.6) is 0 Å². The van der Waals surface area contributed by atoms with E-state index in [4.69, 9.17) is 9.84 Å². The molecule has 3 aromatic carbocycles. The van der Waals surface area contributed by atoms with Crippen molar-refractivity contribution in [3.05, 3.63) is 100 Å². The maximum Gasteiger partial charge on any atom is 0.253 e. The second kappa shape index (κ2) is 11.1. The molecule has 1 aliphatic rings. The van der Waals surface area contributed by atoms with E-state index in [1.54, 1.807) is 34.7 Å². The van der Waals surface area contributed by atoms with E-state index in [0.717, 1.165) is 10.2 Å². The number of halogens is 3. The summed E-state index contributed by atoms with van der Waals surface area (Å²) in [4.78, 5) is 26.0. The summed E-state index contributed by atoms with van der Waals surface area (Å²) in [6.07, 6.45) is 0.737. The van der Waals surface area contributed by atoms with Gasteiger partial charge in [0.1, 0.15) is 23.4 Å². The third-order valence-corrected chi connectivity index (χ3v) is 6.98. The van der Waals surface area contributed by atoms with Gasteiger partial charge in [0.2, 0.25) is 5.91 Å². The summed E-state index contributed by atoms with van der Waals surface area (Å²) < 4.78 is 36.9. The second-order valence-corrected chi connectivity index (χ2v) is 10.2. The fourth-order valence-electron chi connectivity index (χ4n) is 4.52. The van der Waals surface area contributed by atoms with E-state index >= 15 is 0 Å². The zero-order valence-electron chi connectivity index (χ0n) is 21.2. The molecule has 0 saturated carbocycles. The second-order valence-electron chi connectivity index (χ2n) is 9.27. The Bertz CT molecular complexity index is 1520. The molecule has 5 rings (SSSR count). The minimum absolute atomic E-state index is 0.0997. The Morgan fingerprint density at radius 3 is 2.46 bits per heavy atom. The topological polar surface area (TPSA) is 76.5 Å². The van der Waals surface area contributed by atoms with E-state index in [2.05, 4.69) is 21.2 Å². The summed E-state index contributed by atoms with van der Waals surface area (Å²) in [5, 5.41) is 7.23. The Kier molecular flexibility index (Phi) is 7.58. The van der Waals surface area contributed by atoms with Crippen LogP contribution in [0.15, 0.2) is 77.4 Å². The van der Waals surface area contributed by atoms with E-state index in [9.17, 15) is 18.4 Å². The summed E-state index contributed by atoms with van der Waals surface area (Å²) in [6, 6.07) is 18.1. The summed E-state index contributed by atoms with van der Waals surface area (Å²) in [5.41, 5.74) is 3.44. The molecule has 4 aromatic rings. The van der Waals surface area contributed by atoms with Gasteiger partial charge in [0.15, 0.2) is 6.23 Å². The smallest absolute Gasteiger partial charge is 0.253 e. The molecule has 39 heavy (non-hydrogen) atoms. The highest BCUT2D eigenvalue weighted by Gasteiger charge is 2.40. The van der Waals surface area contributed by atoms with E-state index in [-0.39, 0.29) is 29.9 Å². The standard InChI is InChI=1S/C29H25BrF2N4O3/c1-17-28(38)35(14-13-19-3-12-26(25(32)15-19)33-18(2)37)29(39-17)24-16-36(23-10-6-21(30)7-11-23)34-27(24)20-4-8-22(31)9-5-20/h3-12,15-17,29H,13-14H2,1-2H3,(H,33,37)/t17-,29+/m1/s1. The zero-order chi connectivity index (χ0) is 27.7. The van der Waals surface area contributed by atoms with E-state index < -0.39 is 18.1 Å². The Morgan fingerprint density at radius 1 is 1.08 bits per heavy atom. The molecule has 1 N–H and O–H groups in total. The first-order chi connectivity index (χ1) is 18.7. The third-order valence-electron chi connectivity index (χ3n) is 6.45. The molecule has 2 heterocycles. The van der Waals surface area contributed by atoms with Gasteiger partial charge in [-0.05, 0) is 79.6 Å². The summed E-state index contributed by atoms with van der Waals surface area (Å²) in [7, 11) is 0. The normalized spacial score (nSPS) is 17.1. The molecule has 0 aliphatic carbocycles. The van der Waals surface area contributed by atoms with Crippen molar-refractivity contribution in [2.24, 2.45) is 0 Å². The summed E-state index contributed by atoms with van der Waals surface area (Å²) >= 11 is 3.44. The van der Waals surface area contributed by atoms with Gasteiger partial charge in [0.05, 0.1) is 11.4 Å². The van der Waals surface area contributed by atoms with Crippen molar-refractivity contribution in [3.63, 3.8) is 0 Å². The van der Waals surface area contributed by atoms with Gasteiger partial charge in [-0.1, -0.05) is 22.0 Å². The molecule has 1 aliphatic heterocycles. The average molecular weight is 595 g/mol. The number of hydrogen-bond donors (Lipinski definition) is 1. The van der Waals surface area contributed by atoms with Crippen LogP contribution in [0.1, 0.15) is 31.2 Å². The third kappa shape index (κ3) is 5.76. The van der Waals surface area contributed by atoms with Crippen molar-refractivity contribution in [3.8, 4) is 16.9 Å². The van der Waals surface area contributed by atoms with Crippen LogP contribution in [0.3, 0.4) is 0 Å². The van der Waals surface area contributed by atoms with Gasteiger partial charge in [-0.25, -0.2) is 13.5 Å². The molecule has 0 bridgehead atoms. The van der Waals surface area contributed by atoms with Crippen molar-refractivity contribution in [1.82, 2.24) is 14.7 Å². The van der Waals surface area contributed by atoms with Crippen LogP contribution in [0.4, 0.5) is 14.5 Å². The van der Waals surface area contributed by atoms with Gasteiger partial charge in [-0.3, -0.25) is 9.59 Å². The lowest BCUT2D eigenvalue weighted by atomic mass is 10.1. The molecule has 0 unspecified atom stereocenters. The van der Waals surface area contributed by atoms with Gasteiger partial charge < -0.3 is 15.0 Å². The van der Waals surface area contributed by atoms with Crippen LogP contribution in [0.2, 0.25) is 0 Å². The van der Waals surface area contributed by atoms with Crippen molar-refractivity contribution in [2.45, 2.75) is 32.6 Å². The molecule has 0 radical (unpaired) electrons. The molecule has 2 atom stereocenters. The highest BCUT2D eigenvalue weighted by Crippen LogP contribution is 2.37. The number of nitrogens with zero attached hydrogens (tertiary/aromatic N) is 3. The first-order valence-corrected chi connectivity index (χ1v) is 13.1. The number of carbonyl (C=O) groups excluding carboxylic acids is 2. The molecule has 0 spiro atoms. The number of ether oxygens (including phenoxy) is 1. The van der Waals surface area contributed by atoms with Gasteiger partial charge in [-0.15, -0.1) is 0 Å². The minimum atomic E-state index is -0.750. The first-order valence-electron chi connectivity index (χ1n) is 12.3. The van der Waals surface area contributed by atoms with Crippen LogP contribution in [-0.4, -0.2) is 39.1 Å². The number of rotatable bonds is 7. The average Bonchev–Trinajstić information content (AvgIpc) is 3.46. The Balaban J connectivity index is 1.48. The first kappa shape index (κ1) is 26.7. The predicted molar refractivity (Wildman–Crippen MR) is 146 cm³/mol. The Hall–Kier alpha value is -3.89. The van der Waals surface area contributed by atoms with Crippen LogP contribution >= 0.6 is 15.9 Å². The molecule has 1 aromatic heterocycles. The van der Waals surface area contributed by atoms with Gasteiger partial charge in [0.25, 0.3) is 5.91 Å². The van der Waals surface area contributed by atoms with Crippen LogP contribution in [-0.2, 0) is 20.7 Å². The maximum atomic E-state index is 14.5. The molecule has 7 nitrogen and oxygen atoms in total. The predicted octanol–water partition coefficient (Wildman–Crippen LogP) is 6.03. The quantitative estimate of drug-likeness (QED) is 0.283. The lowest BCUT2D eigenvalue weighted by molar-refractivity contribution is -0.130. The number of aromatic nitrogens is 2. The Morgan fingerprint density at radius 2 is 1.79 bits per heavy atom. The van der Waals surface area contributed by atoms with E-state index in [1.165, 1.54) is 31.2 Å². The minimum Gasteiger partial charge on any atom is -0.341 e. The Labute approximate surface area is 232 Å². The summed E-state index contributed by atoms with van der Waals surface area (Å²) in [6.45, 7) is 3.26. The van der Waals surface area contributed by atoms with Crippen LogP contribution < -0.4 is 5.32 Å². The van der Waals surface area contributed by atoms with Crippen molar-refractivity contribution in [2.75, 3.05) is 11.9 Å². The SMILES string of the molecule is CC(=O)Nc1ccc(CCN2C(=O)[C@@H](C)O[C@H]2c2cn(-c3ccc(Br)cc3)nc2-c2ccc(F)cc2)cc1F. The lowest BCUT2D eigenvalue weighted by Crippen LogP contribution is -2.32. The molecule has 200 valence electrons. The monoisotopic (exact) mass is 594 g/mol. The van der Waals surface area contributed by atoms with Crippen LogP contribution in [0.25, 0.3) is 16.9 Å². The van der Waals surface area contributed by atoms with Gasteiger partial charge in [-0.2, -0.15) is 5.10 Å². The molecule has 2 amide bonds. The molecular weight excluding hydrogens is 570 g/mol. The number of anilines is 1. The molecular formula is C29H25BrF2N4O3. The number of amides is 2. The maximum absolute atomic E-state index is 14.5. The van der Waals surface area contributed by atoms with Gasteiger partial charge in [0, 0.05) is 35.3 Å². The lowest BCUT2D eigenvalue weighted by Gasteiger charge is -2.23. The number of benzene rings is 3. The van der Waals surface area contributed by atoms with Crippen molar-refractivity contribution < 1.29 is 23.1 Å².